The van der Waals surface area contributed by atoms with Crippen molar-refractivity contribution in [3.63, 3.8) is 0 Å². The number of anilines is 2. The molecule has 4 aromatic rings. The van der Waals surface area contributed by atoms with E-state index in [1.54, 1.807) is 0 Å². The molecular formula is C20H16N4O3. The summed E-state index contributed by atoms with van der Waals surface area (Å²) in [5, 5.41) is 8.26. The summed E-state index contributed by atoms with van der Waals surface area (Å²) in [6.07, 6.45) is 1.45. The number of hydrogen-bond donors (Lipinski definition) is 1. The number of benzene rings is 2. The van der Waals surface area contributed by atoms with Gasteiger partial charge < -0.3 is 19.3 Å². The predicted molar refractivity (Wildman–Crippen MR) is 100 cm³/mol. The fourth-order valence-corrected chi connectivity index (χ4v) is 3.05. The monoisotopic (exact) mass is 360 g/mol. The van der Waals surface area contributed by atoms with E-state index in [1.165, 1.54) is 11.9 Å². The highest BCUT2D eigenvalue weighted by Gasteiger charge is 2.18. The Morgan fingerprint density at radius 1 is 0.926 bits per heavy atom. The Labute approximate surface area is 154 Å². The zero-order valence-electron chi connectivity index (χ0n) is 14.6. The molecule has 0 radical (unpaired) electrons. The average Bonchev–Trinajstić information content (AvgIpc) is 3.14. The average molecular weight is 360 g/mol. The molecule has 134 valence electrons. The molecule has 0 unspecified atom stereocenters. The van der Waals surface area contributed by atoms with Crippen molar-refractivity contribution < 1.29 is 14.0 Å². The lowest BCUT2D eigenvalue weighted by molar-refractivity contribution is 0.171. The van der Waals surface area contributed by atoms with E-state index in [0.29, 0.717) is 36.2 Å². The van der Waals surface area contributed by atoms with Crippen LogP contribution in [0.4, 0.5) is 11.5 Å². The molecule has 0 bridgehead atoms. The lowest BCUT2D eigenvalue weighted by Gasteiger charge is -2.19. The largest absolute Gasteiger partial charge is 0.486 e. The van der Waals surface area contributed by atoms with Crippen LogP contribution in [0.5, 0.6) is 11.5 Å². The van der Waals surface area contributed by atoms with Crippen molar-refractivity contribution in [2.24, 2.45) is 0 Å². The fraction of sp³-hybridized carbons (Fsp3) is 0.150. The first-order valence-electron chi connectivity index (χ1n) is 8.62. The van der Waals surface area contributed by atoms with E-state index >= 15 is 0 Å². The van der Waals surface area contributed by atoms with Gasteiger partial charge in [0, 0.05) is 17.3 Å². The minimum atomic E-state index is 0.431. The lowest BCUT2D eigenvalue weighted by Crippen LogP contribution is -2.15. The second kappa shape index (κ2) is 6.28. The van der Waals surface area contributed by atoms with Gasteiger partial charge in [-0.05, 0) is 19.1 Å². The third-order valence-corrected chi connectivity index (χ3v) is 4.40. The van der Waals surface area contributed by atoms with E-state index in [0.717, 1.165) is 22.4 Å². The number of fused-ring (bicyclic) bond motifs is 2. The highest BCUT2D eigenvalue weighted by atomic mass is 16.6. The highest BCUT2D eigenvalue weighted by molar-refractivity contribution is 5.98. The molecule has 27 heavy (non-hydrogen) atoms. The van der Waals surface area contributed by atoms with E-state index in [2.05, 4.69) is 20.4 Å². The zero-order valence-corrected chi connectivity index (χ0v) is 14.6. The predicted octanol–water partition coefficient (Wildman–Crippen LogP) is 4.11. The molecule has 0 amide bonds. The molecule has 7 nitrogen and oxygen atoms in total. The molecule has 0 saturated heterocycles. The number of aromatic nitrogens is 3. The highest BCUT2D eigenvalue weighted by Crippen LogP contribution is 2.36. The molecule has 1 N–H and O–H groups in total. The van der Waals surface area contributed by atoms with Crippen LogP contribution < -0.4 is 14.8 Å². The van der Waals surface area contributed by atoms with Gasteiger partial charge in [-0.3, -0.25) is 0 Å². The van der Waals surface area contributed by atoms with Gasteiger partial charge in [-0.2, -0.15) is 4.98 Å². The first-order chi connectivity index (χ1) is 13.3. The van der Waals surface area contributed by atoms with Crippen LogP contribution in [-0.4, -0.2) is 28.3 Å². The van der Waals surface area contributed by atoms with E-state index in [9.17, 15) is 0 Å². The van der Waals surface area contributed by atoms with Gasteiger partial charge in [0.1, 0.15) is 36.4 Å². The van der Waals surface area contributed by atoms with Crippen LogP contribution in [0.3, 0.4) is 0 Å². The Bertz CT molecular complexity index is 1120. The summed E-state index contributed by atoms with van der Waals surface area (Å²) in [6, 6.07) is 13.8. The van der Waals surface area contributed by atoms with E-state index in [4.69, 9.17) is 14.0 Å². The van der Waals surface area contributed by atoms with Crippen molar-refractivity contribution >= 4 is 22.6 Å². The Kier molecular flexibility index (Phi) is 3.64. The molecule has 0 saturated carbocycles. The maximum absolute atomic E-state index is 5.65. The standard InChI is InChI=1S/C20H16N4O3/c1-12-2-4-13(5-3-12)18-17-19(21-11-22-20(17)27-24-18)23-14-6-7-15-16(10-14)26-9-8-25-15/h2-7,10-11H,8-9H2,1H3,(H,21,22,23). The Morgan fingerprint density at radius 2 is 1.74 bits per heavy atom. The molecule has 5 rings (SSSR count). The number of nitrogens with zero attached hydrogens (tertiary/aromatic N) is 3. The van der Waals surface area contributed by atoms with Gasteiger partial charge >= 0.3 is 0 Å². The number of nitrogens with one attached hydrogen (secondary N) is 1. The third-order valence-electron chi connectivity index (χ3n) is 4.40. The molecular weight excluding hydrogens is 344 g/mol. The van der Waals surface area contributed by atoms with Gasteiger partial charge in [-0.25, -0.2) is 4.98 Å². The maximum atomic E-state index is 5.65. The van der Waals surface area contributed by atoms with Gasteiger partial charge in [0.2, 0.25) is 0 Å². The van der Waals surface area contributed by atoms with E-state index in [1.807, 2.05) is 49.4 Å². The van der Waals surface area contributed by atoms with Crippen LogP contribution in [0, 0.1) is 6.92 Å². The molecule has 7 heteroatoms. The Balaban J connectivity index is 1.57. The van der Waals surface area contributed by atoms with Gasteiger partial charge in [-0.15, -0.1) is 0 Å². The van der Waals surface area contributed by atoms with Crippen LogP contribution in [0.25, 0.3) is 22.4 Å². The van der Waals surface area contributed by atoms with Crippen LogP contribution in [0.15, 0.2) is 53.3 Å². The quantitative estimate of drug-likeness (QED) is 0.589. The first-order valence-corrected chi connectivity index (χ1v) is 8.62. The van der Waals surface area contributed by atoms with Crippen molar-refractivity contribution in [3.8, 4) is 22.8 Å². The second-order valence-electron chi connectivity index (χ2n) is 6.28. The number of aryl methyl sites for hydroxylation is 1. The number of ether oxygens (including phenoxy) is 2. The zero-order chi connectivity index (χ0) is 18.2. The molecule has 2 aromatic heterocycles. The van der Waals surface area contributed by atoms with Crippen LogP contribution in [-0.2, 0) is 0 Å². The van der Waals surface area contributed by atoms with Gasteiger partial charge in [0.15, 0.2) is 11.5 Å². The molecule has 0 fully saturated rings. The van der Waals surface area contributed by atoms with Gasteiger partial charge in [0.05, 0.1) is 0 Å². The smallest absolute Gasteiger partial charge is 0.263 e. The Hall–Kier alpha value is -3.61. The lowest BCUT2D eigenvalue weighted by atomic mass is 10.1. The molecule has 3 heterocycles. The van der Waals surface area contributed by atoms with Crippen molar-refractivity contribution in [2.45, 2.75) is 6.92 Å². The minimum Gasteiger partial charge on any atom is -0.486 e. The molecule has 1 aliphatic heterocycles. The number of rotatable bonds is 3. The maximum Gasteiger partial charge on any atom is 0.263 e. The van der Waals surface area contributed by atoms with Crippen molar-refractivity contribution in [1.82, 2.24) is 15.1 Å². The van der Waals surface area contributed by atoms with Crippen LogP contribution in [0.1, 0.15) is 5.56 Å². The SMILES string of the molecule is Cc1ccc(-c2noc3ncnc(Nc4ccc5c(c4)OCCO5)c23)cc1. The van der Waals surface area contributed by atoms with E-state index in [-0.39, 0.29) is 0 Å². The molecule has 1 aliphatic rings. The normalized spacial score (nSPS) is 12.9. The van der Waals surface area contributed by atoms with Crippen LogP contribution >= 0.6 is 0 Å². The molecule has 0 aliphatic carbocycles. The van der Waals surface area contributed by atoms with Gasteiger partial charge in [-0.1, -0.05) is 35.0 Å². The van der Waals surface area contributed by atoms with Crippen LogP contribution in [0.2, 0.25) is 0 Å². The summed E-state index contributed by atoms with van der Waals surface area (Å²) >= 11 is 0. The summed E-state index contributed by atoms with van der Waals surface area (Å²) in [5.41, 5.74) is 4.08. The summed E-state index contributed by atoms with van der Waals surface area (Å²) < 4.78 is 16.6. The summed E-state index contributed by atoms with van der Waals surface area (Å²) in [6.45, 7) is 3.15. The Morgan fingerprint density at radius 3 is 2.59 bits per heavy atom. The van der Waals surface area contributed by atoms with Crippen molar-refractivity contribution in [2.75, 3.05) is 18.5 Å². The molecule has 2 aromatic carbocycles. The summed E-state index contributed by atoms with van der Waals surface area (Å²) in [7, 11) is 0. The first kappa shape index (κ1) is 15.6. The van der Waals surface area contributed by atoms with Gasteiger partial charge in [0.25, 0.3) is 5.71 Å². The second-order valence-corrected chi connectivity index (χ2v) is 6.28. The number of hydrogen-bond acceptors (Lipinski definition) is 7. The topological polar surface area (TPSA) is 82.3 Å². The van der Waals surface area contributed by atoms with E-state index < -0.39 is 0 Å². The fourth-order valence-electron chi connectivity index (χ4n) is 3.05. The minimum absolute atomic E-state index is 0.431. The molecule has 0 spiro atoms. The van der Waals surface area contributed by atoms with Crippen molar-refractivity contribution in [1.29, 1.82) is 0 Å². The summed E-state index contributed by atoms with van der Waals surface area (Å²) in [5.74, 6) is 2.07. The third kappa shape index (κ3) is 2.83. The molecule has 0 atom stereocenters. The van der Waals surface area contributed by atoms with Crippen molar-refractivity contribution in [3.05, 3.63) is 54.4 Å². The summed E-state index contributed by atoms with van der Waals surface area (Å²) in [4.78, 5) is 8.59.